The molecule has 0 fully saturated rings. The molecule has 0 amide bonds. The fourth-order valence-electron chi connectivity index (χ4n) is 1.89. The van der Waals surface area contributed by atoms with Crippen LogP contribution in [-0.4, -0.2) is 25.5 Å². The van der Waals surface area contributed by atoms with Gasteiger partial charge in [-0.25, -0.2) is 0 Å². The van der Waals surface area contributed by atoms with E-state index in [1.807, 2.05) is 0 Å². The van der Waals surface area contributed by atoms with E-state index in [2.05, 4.69) is 0 Å². The summed E-state index contributed by atoms with van der Waals surface area (Å²) in [5.41, 5.74) is -0.547. The van der Waals surface area contributed by atoms with Crippen LogP contribution in [-0.2, 0) is 14.3 Å². The highest BCUT2D eigenvalue weighted by atomic mass is 32.2. The quantitative estimate of drug-likeness (QED) is 0.849. The van der Waals surface area contributed by atoms with Gasteiger partial charge in [-0.2, -0.15) is 8.42 Å². The SMILES string of the molecule is CC(C)(C)OS(=O)(=O)c1cccc2c1C=CC(=N)C2=O. The summed E-state index contributed by atoms with van der Waals surface area (Å²) in [4.78, 5) is 11.8. The Bertz CT molecular complexity index is 724. The zero-order valence-corrected chi connectivity index (χ0v) is 12.2. The first-order chi connectivity index (χ1) is 9.12. The Morgan fingerprint density at radius 1 is 1.15 bits per heavy atom. The predicted octanol–water partition coefficient (Wildman–Crippen LogP) is 2.42. The van der Waals surface area contributed by atoms with Crippen LogP contribution in [0.15, 0.2) is 29.2 Å². The zero-order chi connectivity index (χ0) is 15.1. The number of nitrogens with one attached hydrogen (secondary N) is 1. The molecule has 0 radical (unpaired) electrons. The largest absolute Gasteiger partial charge is 0.298 e. The summed E-state index contributed by atoms with van der Waals surface area (Å²) in [5, 5.41) is 7.48. The number of benzene rings is 1. The number of hydrogen-bond donors (Lipinski definition) is 1. The normalized spacial score (nSPS) is 15.3. The third-order valence-electron chi connectivity index (χ3n) is 2.60. The second-order valence-electron chi connectivity index (χ2n) is 5.44. The molecule has 1 aromatic rings. The van der Waals surface area contributed by atoms with Crippen molar-refractivity contribution in [2.75, 3.05) is 0 Å². The maximum Gasteiger partial charge on any atom is 0.298 e. The molecule has 1 aliphatic carbocycles. The standard InChI is InChI=1S/C14H15NO4S/c1-14(2,3)19-20(17,18)12-6-4-5-10-9(12)7-8-11(15)13(10)16/h4-8,15H,1-3H3. The summed E-state index contributed by atoms with van der Waals surface area (Å²) >= 11 is 0. The monoisotopic (exact) mass is 293 g/mol. The lowest BCUT2D eigenvalue weighted by atomic mass is 9.95. The van der Waals surface area contributed by atoms with Crippen LogP contribution in [0.5, 0.6) is 0 Å². The minimum atomic E-state index is -3.97. The fraction of sp³-hybridized carbons (Fsp3) is 0.286. The second-order valence-corrected chi connectivity index (χ2v) is 6.96. The molecule has 0 bridgehead atoms. The fourth-order valence-corrected chi connectivity index (χ4v) is 3.33. The molecule has 6 heteroatoms. The lowest BCUT2D eigenvalue weighted by Crippen LogP contribution is -2.25. The number of Topliss-reactive ketones (excluding diaryl/α,β-unsaturated/α-hetero) is 1. The van der Waals surface area contributed by atoms with Gasteiger partial charge in [-0.1, -0.05) is 18.2 Å². The number of carbonyl (C=O) groups excluding carboxylic acids is 1. The highest BCUT2D eigenvalue weighted by molar-refractivity contribution is 7.86. The van der Waals surface area contributed by atoms with Crippen molar-refractivity contribution in [2.45, 2.75) is 31.3 Å². The number of carbonyl (C=O) groups is 1. The molecule has 0 atom stereocenters. The number of rotatable bonds is 2. The van der Waals surface area contributed by atoms with Gasteiger partial charge >= 0.3 is 0 Å². The van der Waals surface area contributed by atoms with Crippen LogP contribution in [0.4, 0.5) is 0 Å². The first kappa shape index (κ1) is 14.6. The summed E-state index contributed by atoms with van der Waals surface area (Å²) in [5.74, 6) is -0.490. The van der Waals surface area contributed by atoms with E-state index >= 15 is 0 Å². The highest BCUT2D eigenvalue weighted by Gasteiger charge is 2.29. The van der Waals surface area contributed by atoms with Gasteiger partial charge in [0.05, 0.1) is 5.60 Å². The molecule has 106 valence electrons. The summed E-state index contributed by atoms with van der Waals surface area (Å²) in [7, 11) is -3.97. The summed E-state index contributed by atoms with van der Waals surface area (Å²) < 4.78 is 29.7. The zero-order valence-electron chi connectivity index (χ0n) is 11.4. The van der Waals surface area contributed by atoms with E-state index in [0.717, 1.165) is 0 Å². The lowest BCUT2D eigenvalue weighted by Gasteiger charge is -2.21. The average molecular weight is 293 g/mol. The molecule has 0 heterocycles. The van der Waals surface area contributed by atoms with Crippen LogP contribution < -0.4 is 0 Å². The Morgan fingerprint density at radius 3 is 2.40 bits per heavy atom. The summed E-state index contributed by atoms with van der Waals surface area (Å²) in [6.45, 7) is 4.91. The Kier molecular flexibility index (Phi) is 3.39. The molecular formula is C14H15NO4S. The van der Waals surface area contributed by atoms with Crippen molar-refractivity contribution in [1.29, 1.82) is 5.41 Å². The van der Waals surface area contributed by atoms with Crippen LogP contribution in [0.2, 0.25) is 0 Å². The van der Waals surface area contributed by atoms with Crippen LogP contribution in [0.1, 0.15) is 36.7 Å². The molecule has 1 aromatic carbocycles. The van der Waals surface area contributed by atoms with Crippen molar-refractivity contribution in [1.82, 2.24) is 0 Å². The van der Waals surface area contributed by atoms with Gasteiger partial charge in [0.25, 0.3) is 10.1 Å². The van der Waals surface area contributed by atoms with Crippen LogP contribution >= 0.6 is 0 Å². The van der Waals surface area contributed by atoms with Crippen LogP contribution in [0.25, 0.3) is 6.08 Å². The van der Waals surface area contributed by atoms with Gasteiger partial charge in [0.2, 0.25) is 5.78 Å². The Balaban J connectivity index is 2.61. The van der Waals surface area contributed by atoms with E-state index in [1.165, 1.54) is 30.4 Å². The third-order valence-corrected chi connectivity index (χ3v) is 4.22. The maximum absolute atomic E-state index is 12.3. The van der Waals surface area contributed by atoms with Gasteiger partial charge in [0, 0.05) is 11.1 Å². The van der Waals surface area contributed by atoms with Gasteiger partial charge < -0.3 is 0 Å². The smallest absolute Gasteiger partial charge is 0.297 e. The van der Waals surface area contributed by atoms with Gasteiger partial charge in [0.15, 0.2) is 0 Å². The Labute approximate surface area is 117 Å². The molecular weight excluding hydrogens is 278 g/mol. The molecule has 0 unspecified atom stereocenters. The van der Waals surface area contributed by atoms with Crippen molar-refractivity contribution < 1.29 is 17.4 Å². The van der Waals surface area contributed by atoms with Gasteiger partial charge in [0.1, 0.15) is 10.6 Å². The van der Waals surface area contributed by atoms with E-state index in [0.29, 0.717) is 0 Å². The molecule has 5 nitrogen and oxygen atoms in total. The number of fused-ring (bicyclic) bond motifs is 1. The molecule has 1 N–H and O–H groups in total. The minimum absolute atomic E-state index is 0.0537. The van der Waals surface area contributed by atoms with Gasteiger partial charge in [-0.3, -0.25) is 14.4 Å². The number of ketones is 1. The maximum atomic E-state index is 12.3. The molecule has 0 aromatic heterocycles. The van der Waals surface area contributed by atoms with Crippen molar-refractivity contribution in [3.05, 3.63) is 35.4 Å². The summed E-state index contributed by atoms with van der Waals surface area (Å²) in [6.07, 6.45) is 2.75. The molecule has 0 saturated heterocycles. The van der Waals surface area contributed by atoms with E-state index < -0.39 is 21.5 Å². The summed E-state index contributed by atoms with van der Waals surface area (Å²) in [6, 6.07) is 4.38. The average Bonchev–Trinajstić information content (AvgIpc) is 2.30. The van der Waals surface area contributed by atoms with Crippen molar-refractivity contribution >= 4 is 27.7 Å². The van der Waals surface area contributed by atoms with Crippen LogP contribution in [0, 0.1) is 5.41 Å². The molecule has 1 aliphatic rings. The number of allylic oxidation sites excluding steroid dienone is 1. The van der Waals surface area contributed by atoms with E-state index in [9.17, 15) is 13.2 Å². The highest BCUT2D eigenvalue weighted by Crippen LogP contribution is 2.28. The topological polar surface area (TPSA) is 84.3 Å². The lowest BCUT2D eigenvalue weighted by molar-refractivity contribution is 0.106. The first-order valence-corrected chi connectivity index (χ1v) is 7.43. The molecule has 0 spiro atoms. The van der Waals surface area contributed by atoms with Crippen molar-refractivity contribution in [2.24, 2.45) is 0 Å². The molecule has 20 heavy (non-hydrogen) atoms. The van der Waals surface area contributed by atoms with Gasteiger partial charge in [-0.15, -0.1) is 0 Å². The van der Waals surface area contributed by atoms with E-state index in [4.69, 9.17) is 9.59 Å². The van der Waals surface area contributed by atoms with Crippen molar-refractivity contribution in [3.8, 4) is 0 Å². The first-order valence-electron chi connectivity index (χ1n) is 6.02. The molecule has 0 aliphatic heterocycles. The van der Waals surface area contributed by atoms with E-state index in [-0.39, 0.29) is 21.7 Å². The van der Waals surface area contributed by atoms with Crippen molar-refractivity contribution in [3.63, 3.8) is 0 Å². The molecule has 2 rings (SSSR count). The van der Waals surface area contributed by atoms with E-state index in [1.54, 1.807) is 20.8 Å². The minimum Gasteiger partial charge on any atom is -0.297 e. The van der Waals surface area contributed by atoms with Crippen LogP contribution in [0.3, 0.4) is 0 Å². The predicted molar refractivity (Wildman–Crippen MR) is 75.6 cm³/mol. The Hall–Kier alpha value is -1.79. The third kappa shape index (κ3) is 2.71. The Morgan fingerprint density at radius 2 is 1.80 bits per heavy atom. The van der Waals surface area contributed by atoms with Gasteiger partial charge in [-0.05, 0) is 32.9 Å². The molecule has 0 saturated carbocycles. The number of hydrogen-bond acceptors (Lipinski definition) is 5. The second kappa shape index (κ2) is 4.64.